The van der Waals surface area contributed by atoms with Gasteiger partial charge < -0.3 is 15.4 Å². The van der Waals surface area contributed by atoms with E-state index < -0.39 is 24.1 Å². The third-order valence-corrected chi connectivity index (χ3v) is 5.61. The van der Waals surface area contributed by atoms with E-state index in [1.165, 1.54) is 31.2 Å². The van der Waals surface area contributed by atoms with E-state index in [9.17, 15) is 23.2 Å². The fourth-order valence-electron chi connectivity index (χ4n) is 3.83. The molecule has 158 valence electrons. The Kier molecular flexibility index (Phi) is 6.04. The van der Waals surface area contributed by atoms with E-state index in [0.29, 0.717) is 11.5 Å². The highest BCUT2D eigenvalue weighted by Crippen LogP contribution is 2.30. The third-order valence-electron chi connectivity index (χ3n) is 5.61. The first-order valence-corrected chi connectivity index (χ1v) is 9.68. The first kappa shape index (κ1) is 21.0. The molecule has 9 heteroatoms. The zero-order chi connectivity index (χ0) is 21.2. The maximum atomic E-state index is 12.9. The molecule has 0 spiro atoms. The van der Waals surface area contributed by atoms with E-state index in [0.717, 1.165) is 30.6 Å². The molecule has 4 amide bonds. The molecule has 1 aliphatic carbocycles. The molecule has 7 nitrogen and oxygen atoms in total. The molecule has 2 N–H and O–H groups in total. The molecule has 1 saturated carbocycles. The van der Waals surface area contributed by atoms with Gasteiger partial charge in [-0.25, -0.2) is 4.79 Å². The monoisotopic (exact) mass is 409 g/mol. The number of amides is 4. The van der Waals surface area contributed by atoms with E-state index >= 15 is 0 Å². The van der Waals surface area contributed by atoms with Crippen molar-refractivity contribution in [1.82, 2.24) is 15.5 Å². The number of hydrogen-bond acceptors (Lipinski definition) is 4. The first-order valence-electron chi connectivity index (χ1n) is 9.68. The number of rotatable bonds is 6. The van der Waals surface area contributed by atoms with Crippen LogP contribution < -0.4 is 15.4 Å². The van der Waals surface area contributed by atoms with E-state index in [2.05, 4.69) is 22.3 Å². The minimum absolute atomic E-state index is 0.0536. The summed E-state index contributed by atoms with van der Waals surface area (Å²) in [6.07, 6.45) is 3.85. The smallest absolute Gasteiger partial charge is 0.387 e. The molecule has 1 aromatic rings. The van der Waals surface area contributed by atoms with Gasteiger partial charge in [-0.1, -0.05) is 19.1 Å². The van der Waals surface area contributed by atoms with Gasteiger partial charge in [-0.3, -0.25) is 14.5 Å². The fraction of sp³-hybridized carbons (Fsp3) is 0.550. The zero-order valence-corrected chi connectivity index (χ0v) is 16.4. The molecule has 2 fully saturated rings. The Labute approximate surface area is 167 Å². The largest absolute Gasteiger partial charge is 0.435 e. The molecule has 2 aliphatic rings. The highest BCUT2D eigenvalue weighted by molar-refractivity contribution is 6.09. The molecule has 1 aliphatic heterocycles. The molecular formula is C20H25F2N3O4. The standard InChI is InChI=1S/C20H25F2N3O4/c1-12-3-7-14(8-4-12)23-16(26)11-25-17(27)20(2,24-19(25)28)13-5-9-15(10-6-13)29-18(21)22/h5-6,9-10,12,14,18H,3-4,7-8,11H2,1-2H3,(H,23,26)(H,24,28)/t12?,14?,20-/m0/s1. The first-order chi connectivity index (χ1) is 13.7. The number of alkyl halides is 2. The number of carbonyl (C=O) groups excluding carboxylic acids is 3. The predicted molar refractivity (Wildman–Crippen MR) is 100 cm³/mol. The second kappa shape index (κ2) is 8.34. The van der Waals surface area contributed by atoms with Crippen LogP contribution in [-0.4, -0.2) is 41.9 Å². The van der Waals surface area contributed by atoms with Crippen molar-refractivity contribution in [3.05, 3.63) is 29.8 Å². The van der Waals surface area contributed by atoms with Gasteiger partial charge in [0.05, 0.1) is 0 Å². The normalized spacial score (nSPS) is 27.1. The fourth-order valence-corrected chi connectivity index (χ4v) is 3.83. The SMILES string of the molecule is CC1CCC(NC(=O)CN2C(=O)N[C@@](C)(c3ccc(OC(F)F)cc3)C2=O)CC1. The van der Waals surface area contributed by atoms with Crippen molar-refractivity contribution in [3.63, 3.8) is 0 Å². The van der Waals surface area contributed by atoms with Crippen molar-refractivity contribution in [2.75, 3.05) is 6.54 Å². The Morgan fingerprint density at radius 1 is 1.24 bits per heavy atom. The van der Waals surface area contributed by atoms with Gasteiger partial charge in [-0.2, -0.15) is 8.78 Å². The highest BCUT2D eigenvalue weighted by Gasteiger charge is 2.49. The molecule has 1 atom stereocenters. The van der Waals surface area contributed by atoms with Crippen LogP contribution in [0.5, 0.6) is 5.75 Å². The van der Waals surface area contributed by atoms with Crippen LogP contribution in [0.25, 0.3) is 0 Å². The summed E-state index contributed by atoms with van der Waals surface area (Å²) in [6, 6.07) is 4.86. The highest BCUT2D eigenvalue weighted by atomic mass is 19.3. The average Bonchev–Trinajstić information content (AvgIpc) is 2.88. The van der Waals surface area contributed by atoms with Gasteiger partial charge in [-0.05, 0) is 56.2 Å². The van der Waals surface area contributed by atoms with E-state index in [1.54, 1.807) is 0 Å². The number of benzene rings is 1. The molecular weight excluding hydrogens is 384 g/mol. The number of carbonyl (C=O) groups is 3. The van der Waals surface area contributed by atoms with Crippen LogP contribution in [0.15, 0.2) is 24.3 Å². The minimum Gasteiger partial charge on any atom is -0.435 e. The number of nitrogens with zero attached hydrogens (tertiary/aromatic N) is 1. The number of imide groups is 1. The van der Waals surface area contributed by atoms with Crippen LogP contribution in [0, 0.1) is 5.92 Å². The Balaban J connectivity index is 1.64. The summed E-state index contributed by atoms with van der Waals surface area (Å²) in [5, 5.41) is 5.49. The maximum absolute atomic E-state index is 12.9. The minimum atomic E-state index is -2.95. The lowest BCUT2D eigenvalue weighted by molar-refractivity contribution is -0.135. The average molecular weight is 409 g/mol. The number of urea groups is 1. The topological polar surface area (TPSA) is 87.7 Å². The van der Waals surface area contributed by atoms with Crippen LogP contribution >= 0.6 is 0 Å². The second-order valence-corrected chi connectivity index (χ2v) is 7.87. The number of ether oxygens (including phenoxy) is 1. The predicted octanol–water partition coefficient (Wildman–Crippen LogP) is 2.75. The van der Waals surface area contributed by atoms with Gasteiger partial charge in [0, 0.05) is 6.04 Å². The molecule has 0 bridgehead atoms. The summed E-state index contributed by atoms with van der Waals surface area (Å²) in [5.74, 6) is -0.357. The quantitative estimate of drug-likeness (QED) is 0.708. The molecule has 0 unspecified atom stereocenters. The number of nitrogens with one attached hydrogen (secondary N) is 2. The number of halogens is 2. The van der Waals surface area contributed by atoms with Crippen molar-refractivity contribution in [2.24, 2.45) is 5.92 Å². The summed E-state index contributed by atoms with van der Waals surface area (Å²) >= 11 is 0. The van der Waals surface area contributed by atoms with Crippen molar-refractivity contribution >= 4 is 17.8 Å². The lowest BCUT2D eigenvalue weighted by atomic mass is 9.87. The second-order valence-electron chi connectivity index (χ2n) is 7.87. The Morgan fingerprint density at radius 2 is 1.86 bits per heavy atom. The summed E-state index contributed by atoms with van der Waals surface area (Å²) < 4.78 is 28.9. The van der Waals surface area contributed by atoms with Crippen molar-refractivity contribution in [2.45, 2.75) is 57.7 Å². The van der Waals surface area contributed by atoms with Crippen LogP contribution in [0.3, 0.4) is 0 Å². The van der Waals surface area contributed by atoms with Crippen LogP contribution in [0.1, 0.15) is 45.1 Å². The van der Waals surface area contributed by atoms with Crippen LogP contribution in [-0.2, 0) is 15.1 Å². The van der Waals surface area contributed by atoms with Crippen molar-refractivity contribution < 1.29 is 27.9 Å². The Morgan fingerprint density at radius 3 is 2.45 bits per heavy atom. The van der Waals surface area contributed by atoms with Crippen molar-refractivity contribution in [1.29, 1.82) is 0 Å². The molecule has 0 aromatic heterocycles. The Bertz CT molecular complexity index is 778. The summed E-state index contributed by atoms with van der Waals surface area (Å²) in [5.41, 5.74) is -0.984. The molecule has 1 saturated heterocycles. The lowest BCUT2D eigenvalue weighted by Crippen LogP contribution is -2.46. The van der Waals surface area contributed by atoms with Gasteiger partial charge in [-0.15, -0.1) is 0 Å². The molecule has 3 rings (SSSR count). The Hall–Kier alpha value is -2.71. The molecule has 1 heterocycles. The van der Waals surface area contributed by atoms with E-state index in [1.807, 2.05) is 0 Å². The van der Waals surface area contributed by atoms with E-state index in [-0.39, 0.29) is 24.2 Å². The molecule has 1 aromatic carbocycles. The molecule has 29 heavy (non-hydrogen) atoms. The summed E-state index contributed by atoms with van der Waals surface area (Å²) in [7, 11) is 0. The van der Waals surface area contributed by atoms with Gasteiger partial charge >= 0.3 is 12.6 Å². The summed E-state index contributed by atoms with van der Waals surface area (Å²) in [6.45, 7) is 0.374. The van der Waals surface area contributed by atoms with Gasteiger partial charge in [0.2, 0.25) is 5.91 Å². The van der Waals surface area contributed by atoms with Gasteiger partial charge in [0.15, 0.2) is 0 Å². The third kappa shape index (κ3) is 4.65. The van der Waals surface area contributed by atoms with Gasteiger partial charge in [0.25, 0.3) is 5.91 Å². The summed E-state index contributed by atoms with van der Waals surface area (Å²) in [4.78, 5) is 38.5. The number of hydrogen-bond donors (Lipinski definition) is 2. The van der Waals surface area contributed by atoms with Crippen LogP contribution in [0.4, 0.5) is 13.6 Å². The maximum Gasteiger partial charge on any atom is 0.387 e. The van der Waals surface area contributed by atoms with Crippen LogP contribution in [0.2, 0.25) is 0 Å². The molecule has 0 radical (unpaired) electrons. The van der Waals surface area contributed by atoms with Crippen molar-refractivity contribution in [3.8, 4) is 5.75 Å². The van der Waals surface area contributed by atoms with Gasteiger partial charge in [0.1, 0.15) is 17.8 Å². The lowest BCUT2D eigenvalue weighted by Gasteiger charge is -2.27. The van der Waals surface area contributed by atoms with E-state index in [4.69, 9.17) is 0 Å². The zero-order valence-electron chi connectivity index (χ0n) is 16.4.